The number of carbonyl (C=O) groups excluding carboxylic acids is 1. The largest absolute Gasteiger partial charge is 0.415 e. The molecule has 0 aliphatic rings. The average molecular weight is 299 g/mol. The highest BCUT2D eigenvalue weighted by molar-refractivity contribution is 5.99. The highest BCUT2D eigenvalue weighted by Gasteiger charge is 2.54. The van der Waals surface area contributed by atoms with E-state index in [0.717, 1.165) is 0 Å². The Morgan fingerprint density at radius 1 is 1.33 bits per heavy atom. The zero-order valence-corrected chi connectivity index (χ0v) is 10.9. The van der Waals surface area contributed by atoms with Crippen molar-refractivity contribution in [1.29, 1.82) is 0 Å². The summed E-state index contributed by atoms with van der Waals surface area (Å²) in [7, 11) is 0. The van der Waals surface area contributed by atoms with Crippen LogP contribution in [-0.4, -0.2) is 32.4 Å². The first-order chi connectivity index (χ1) is 9.73. The molecule has 6 nitrogen and oxygen atoms in total. The van der Waals surface area contributed by atoms with Gasteiger partial charge in [-0.1, -0.05) is 0 Å². The number of nitrogens with two attached hydrogens (primary N) is 1. The summed E-state index contributed by atoms with van der Waals surface area (Å²) in [5, 5.41) is 6.05. The quantitative estimate of drug-likeness (QED) is 0.899. The molecule has 0 saturated carbocycles. The van der Waals surface area contributed by atoms with Crippen molar-refractivity contribution >= 4 is 11.6 Å². The normalized spacial score (nSPS) is 14.5. The first kappa shape index (κ1) is 15.0. The molecule has 0 saturated heterocycles. The molecule has 9 heteroatoms. The van der Waals surface area contributed by atoms with Crippen LogP contribution in [0, 0.1) is 0 Å². The van der Waals surface area contributed by atoms with Crippen LogP contribution in [0.5, 0.6) is 0 Å². The standard InChI is InChI=1S/C12H12F3N5O/c1-11(16,12(13,14)15)10(21)19-8-4-2-5-17-9(8)20-7-3-6-18-20/h2-7H,16H2,1H3,(H,19,21). The van der Waals surface area contributed by atoms with Crippen LogP contribution in [0.15, 0.2) is 36.8 Å². The number of nitrogens with one attached hydrogen (secondary N) is 1. The van der Waals surface area contributed by atoms with Crippen LogP contribution in [0.25, 0.3) is 5.82 Å². The van der Waals surface area contributed by atoms with Crippen molar-refractivity contribution in [3.63, 3.8) is 0 Å². The molecular formula is C12H12F3N5O. The van der Waals surface area contributed by atoms with E-state index >= 15 is 0 Å². The number of pyridine rings is 1. The fourth-order valence-corrected chi connectivity index (χ4v) is 1.45. The van der Waals surface area contributed by atoms with Gasteiger partial charge in [0.05, 0.1) is 5.69 Å². The van der Waals surface area contributed by atoms with Gasteiger partial charge in [-0.05, 0) is 25.1 Å². The van der Waals surface area contributed by atoms with Gasteiger partial charge in [0.1, 0.15) is 0 Å². The van der Waals surface area contributed by atoms with Crippen LogP contribution in [0.4, 0.5) is 18.9 Å². The SMILES string of the molecule is CC(N)(C(=O)Nc1cccnc1-n1cccn1)C(F)(F)F. The lowest BCUT2D eigenvalue weighted by atomic mass is 10.0. The van der Waals surface area contributed by atoms with Crippen molar-refractivity contribution < 1.29 is 18.0 Å². The molecule has 1 atom stereocenters. The third-order valence-electron chi connectivity index (χ3n) is 2.82. The van der Waals surface area contributed by atoms with E-state index in [2.05, 4.69) is 15.4 Å². The molecule has 1 unspecified atom stereocenters. The van der Waals surface area contributed by atoms with Gasteiger partial charge < -0.3 is 11.1 Å². The Bertz CT molecular complexity index is 637. The van der Waals surface area contributed by atoms with Crippen molar-refractivity contribution in [3.05, 3.63) is 36.8 Å². The van der Waals surface area contributed by atoms with Gasteiger partial charge in [0.2, 0.25) is 0 Å². The van der Waals surface area contributed by atoms with Crippen LogP contribution in [0.2, 0.25) is 0 Å². The van der Waals surface area contributed by atoms with E-state index in [9.17, 15) is 18.0 Å². The third kappa shape index (κ3) is 2.87. The molecule has 0 spiro atoms. The Labute approximate surface area is 117 Å². The molecule has 0 aliphatic heterocycles. The van der Waals surface area contributed by atoms with Crippen molar-refractivity contribution in [2.75, 3.05) is 5.32 Å². The zero-order chi connectivity index (χ0) is 15.7. The smallest absolute Gasteiger partial charge is 0.321 e. The average Bonchev–Trinajstić information content (AvgIpc) is 2.91. The van der Waals surface area contributed by atoms with E-state index < -0.39 is 17.6 Å². The molecular weight excluding hydrogens is 287 g/mol. The molecule has 2 heterocycles. The van der Waals surface area contributed by atoms with Gasteiger partial charge in [0, 0.05) is 18.6 Å². The molecule has 2 aromatic rings. The lowest BCUT2D eigenvalue weighted by molar-refractivity contribution is -0.184. The third-order valence-corrected chi connectivity index (χ3v) is 2.82. The van der Waals surface area contributed by atoms with Gasteiger partial charge in [0.25, 0.3) is 5.91 Å². The Hall–Kier alpha value is -2.42. The van der Waals surface area contributed by atoms with Crippen LogP contribution in [0.3, 0.4) is 0 Å². The summed E-state index contributed by atoms with van der Waals surface area (Å²) >= 11 is 0. The Morgan fingerprint density at radius 2 is 2.05 bits per heavy atom. The molecule has 0 radical (unpaired) electrons. The number of amides is 1. The maximum Gasteiger partial charge on any atom is 0.415 e. The molecule has 0 fully saturated rings. The maximum atomic E-state index is 12.7. The van der Waals surface area contributed by atoms with Crippen LogP contribution < -0.4 is 11.1 Å². The predicted octanol–water partition coefficient (Wildman–Crippen LogP) is 1.49. The number of rotatable bonds is 3. The van der Waals surface area contributed by atoms with E-state index in [-0.39, 0.29) is 11.5 Å². The molecule has 0 aromatic carbocycles. The number of nitrogens with zero attached hydrogens (tertiary/aromatic N) is 3. The molecule has 1 amide bonds. The minimum atomic E-state index is -4.87. The van der Waals surface area contributed by atoms with E-state index in [1.54, 1.807) is 12.3 Å². The number of halogens is 3. The second-order valence-electron chi connectivity index (χ2n) is 4.48. The minimum Gasteiger partial charge on any atom is -0.321 e. The molecule has 112 valence electrons. The number of carbonyl (C=O) groups is 1. The fourth-order valence-electron chi connectivity index (χ4n) is 1.45. The van der Waals surface area contributed by atoms with Crippen molar-refractivity contribution in [3.8, 4) is 5.82 Å². The van der Waals surface area contributed by atoms with E-state index in [0.29, 0.717) is 6.92 Å². The van der Waals surface area contributed by atoms with Gasteiger partial charge in [-0.15, -0.1) is 0 Å². The Balaban J connectivity index is 2.31. The second kappa shape index (κ2) is 5.17. The topological polar surface area (TPSA) is 85.8 Å². The van der Waals surface area contributed by atoms with Gasteiger partial charge in [-0.2, -0.15) is 18.3 Å². The monoisotopic (exact) mass is 299 g/mol. The molecule has 2 aromatic heterocycles. The van der Waals surface area contributed by atoms with E-state index in [1.165, 1.54) is 29.2 Å². The summed E-state index contributed by atoms with van der Waals surface area (Å²) in [4.78, 5) is 15.8. The van der Waals surface area contributed by atoms with E-state index in [4.69, 9.17) is 5.73 Å². The molecule has 3 N–H and O–H groups in total. The van der Waals surface area contributed by atoms with Crippen molar-refractivity contribution in [2.24, 2.45) is 5.73 Å². The van der Waals surface area contributed by atoms with Gasteiger partial charge >= 0.3 is 6.18 Å². The van der Waals surface area contributed by atoms with Crippen LogP contribution in [-0.2, 0) is 4.79 Å². The Kier molecular flexibility index (Phi) is 3.69. The first-order valence-corrected chi connectivity index (χ1v) is 5.85. The van der Waals surface area contributed by atoms with Gasteiger partial charge in [-0.3, -0.25) is 4.79 Å². The highest BCUT2D eigenvalue weighted by atomic mass is 19.4. The number of anilines is 1. The lowest BCUT2D eigenvalue weighted by Crippen LogP contribution is -2.59. The summed E-state index contributed by atoms with van der Waals surface area (Å²) in [6.45, 7) is 0.603. The van der Waals surface area contributed by atoms with Crippen molar-refractivity contribution in [2.45, 2.75) is 18.6 Å². The van der Waals surface area contributed by atoms with Gasteiger partial charge in [0.15, 0.2) is 11.4 Å². The summed E-state index contributed by atoms with van der Waals surface area (Å²) in [6.07, 6.45) is -0.421. The van der Waals surface area contributed by atoms with E-state index in [1.807, 2.05) is 0 Å². The number of hydrogen-bond donors (Lipinski definition) is 2. The fraction of sp³-hybridized carbons (Fsp3) is 0.250. The van der Waals surface area contributed by atoms with Gasteiger partial charge in [-0.25, -0.2) is 9.67 Å². The minimum absolute atomic E-state index is 0.0760. The van der Waals surface area contributed by atoms with Crippen LogP contribution in [0.1, 0.15) is 6.92 Å². The molecule has 21 heavy (non-hydrogen) atoms. The zero-order valence-electron chi connectivity index (χ0n) is 10.9. The molecule has 0 aliphatic carbocycles. The highest BCUT2D eigenvalue weighted by Crippen LogP contribution is 2.29. The predicted molar refractivity (Wildman–Crippen MR) is 68.6 cm³/mol. The summed E-state index contributed by atoms with van der Waals surface area (Å²) in [5.41, 5.74) is 2.14. The summed E-state index contributed by atoms with van der Waals surface area (Å²) in [5.74, 6) is -1.19. The second-order valence-corrected chi connectivity index (χ2v) is 4.48. The van der Waals surface area contributed by atoms with Crippen LogP contribution >= 0.6 is 0 Å². The first-order valence-electron chi connectivity index (χ1n) is 5.85. The lowest BCUT2D eigenvalue weighted by Gasteiger charge is -2.26. The summed E-state index contributed by atoms with van der Waals surface area (Å²) < 4.78 is 39.5. The molecule has 2 rings (SSSR count). The Morgan fingerprint density at radius 3 is 2.62 bits per heavy atom. The molecule has 0 bridgehead atoms. The number of alkyl halides is 3. The summed E-state index contributed by atoms with van der Waals surface area (Å²) in [6, 6.07) is 4.50. The maximum absolute atomic E-state index is 12.7. The number of hydrogen-bond acceptors (Lipinski definition) is 4. The number of aromatic nitrogens is 3. The van der Waals surface area contributed by atoms with Crippen molar-refractivity contribution in [1.82, 2.24) is 14.8 Å².